The van der Waals surface area contributed by atoms with Gasteiger partial charge in [-0.25, -0.2) is 0 Å². The minimum Gasteiger partial charge on any atom is -0.497 e. The van der Waals surface area contributed by atoms with Crippen molar-refractivity contribution in [2.45, 2.75) is 31.7 Å². The van der Waals surface area contributed by atoms with Gasteiger partial charge in [-0.05, 0) is 60.2 Å². The average molecular weight is 411 g/mol. The predicted octanol–water partition coefficient (Wildman–Crippen LogP) is 5.98. The number of rotatable bonds is 3. The molecular weight excluding hydrogens is 384 g/mol. The first kappa shape index (κ1) is 19.4. The number of aryl methyl sites for hydroxylation is 1. The summed E-state index contributed by atoms with van der Waals surface area (Å²) >= 11 is 0. The van der Waals surface area contributed by atoms with Crippen molar-refractivity contribution in [2.24, 2.45) is 0 Å². The third-order valence-electron chi connectivity index (χ3n) is 6.40. The highest BCUT2D eigenvalue weighted by Gasteiger charge is 2.36. The number of allylic oxidation sites excluding steroid dienone is 1. The Morgan fingerprint density at radius 3 is 2.32 bits per heavy atom. The molecule has 5 rings (SSSR count). The number of Topliss-reactive ketones (excluding diaryl/α,β-unsaturated/α-hetero) is 1. The molecule has 0 radical (unpaired) electrons. The van der Waals surface area contributed by atoms with Crippen LogP contribution in [0.1, 0.15) is 41.5 Å². The Morgan fingerprint density at radius 2 is 1.58 bits per heavy atom. The molecule has 4 nitrogen and oxygen atoms in total. The predicted molar refractivity (Wildman–Crippen MR) is 125 cm³/mol. The van der Waals surface area contributed by atoms with Crippen LogP contribution < -0.4 is 15.4 Å². The van der Waals surface area contributed by atoms with Crippen LogP contribution in [-0.2, 0) is 4.79 Å². The van der Waals surface area contributed by atoms with E-state index in [-0.39, 0.29) is 17.7 Å². The number of carbonyl (C=O) groups excluding carboxylic acids is 1. The SMILES string of the molecule is COc1ccc([C@H]2CC(=O)C3=C(C2)Nc2ccccc2N[C@H]3c2ccccc2C)cc1. The van der Waals surface area contributed by atoms with Crippen molar-refractivity contribution in [1.82, 2.24) is 0 Å². The topological polar surface area (TPSA) is 50.4 Å². The summed E-state index contributed by atoms with van der Waals surface area (Å²) in [6, 6.07) is 24.4. The minimum absolute atomic E-state index is 0.146. The number of ketones is 1. The van der Waals surface area contributed by atoms with E-state index in [2.05, 4.69) is 54.0 Å². The van der Waals surface area contributed by atoms with Crippen LogP contribution in [0.15, 0.2) is 84.1 Å². The van der Waals surface area contributed by atoms with Crippen molar-refractivity contribution in [3.63, 3.8) is 0 Å². The number of ether oxygens (including phenoxy) is 1. The van der Waals surface area contributed by atoms with Gasteiger partial charge in [-0.1, -0.05) is 48.5 Å². The molecule has 0 aromatic heterocycles. The molecule has 0 spiro atoms. The summed E-state index contributed by atoms with van der Waals surface area (Å²) in [7, 11) is 1.67. The lowest BCUT2D eigenvalue weighted by Gasteiger charge is -2.30. The number of carbonyl (C=O) groups is 1. The van der Waals surface area contributed by atoms with Crippen LogP contribution in [0.4, 0.5) is 11.4 Å². The Bertz CT molecular complexity index is 1160. The fraction of sp³-hybridized carbons (Fsp3) is 0.222. The molecule has 0 saturated carbocycles. The molecule has 0 saturated heterocycles. The highest BCUT2D eigenvalue weighted by Crippen LogP contribution is 2.44. The minimum atomic E-state index is -0.170. The molecule has 1 heterocycles. The average Bonchev–Trinajstić information content (AvgIpc) is 2.96. The largest absolute Gasteiger partial charge is 0.497 e. The molecule has 31 heavy (non-hydrogen) atoms. The van der Waals surface area contributed by atoms with Gasteiger partial charge in [-0.15, -0.1) is 0 Å². The summed E-state index contributed by atoms with van der Waals surface area (Å²) < 4.78 is 5.30. The number of nitrogens with one attached hydrogen (secondary N) is 2. The number of hydrogen-bond acceptors (Lipinski definition) is 4. The Balaban J connectivity index is 1.59. The molecule has 2 aliphatic rings. The lowest BCUT2D eigenvalue weighted by atomic mass is 9.78. The molecule has 0 fully saturated rings. The smallest absolute Gasteiger partial charge is 0.163 e. The summed E-state index contributed by atoms with van der Waals surface area (Å²) in [5.41, 5.74) is 7.38. The molecule has 0 bridgehead atoms. The van der Waals surface area contributed by atoms with E-state index in [1.807, 2.05) is 36.4 Å². The lowest BCUT2D eigenvalue weighted by molar-refractivity contribution is -0.116. The number of para-hydroxylation sites is 2. The fourth-order valence-electron chi connectivity index (χ4n) is 4.75. The number of methoxy groups -OCH3 is 1. The van der Waals surface area contributed by atoms with Gasteiger partial charge in [0.2, 0.25) is 0 Å². The van der Waals surface area contributed by atoms with Gasteiger partial charge in [0.1, 0.15) is 5.75 Å². The van der Waals surface area contributed by atoms with Gasteiger partial charge in [-0.3, -0.25) is 4.79 Å². The van der Waals surface area contributed by atoms with Crippen molar-refractivity contribution in [3.8, 4) is 5.75 Å². The van der Waals surface area contributed by atoms with Crippen LogP contribution in [0.25, 0.3) is 0 Å². The Kier molecular flexibility index (Phi) is 4.99. The van der Waals surface area contributed by atoms with E-state index in [0.717, 1.165) is 40.4 Å². The van der Waals surface area contributed by atoms with Crippen molar-refractivity contribution in [1.29, 1.82) is 0 Å². The van der Waals surface area contributed by atoms with Crippen LogP contribution in [0.2, 0.25) is 0 Å². The molecular formula is C27H26N2O2. The Labute approximate surface area is 183 Å². The third-order valence-corrected chi connectivity index (χ3v) is 6.40. The fourth-order valence-corrected chi connectivity index (χ4v) is 4.75. The van der Waals surface area contributed by atoms with Crippen LogP contribution in [0.5, 0.6) is 5.75 Å². The van der Waals surface area contributed by atoms with Gasteiger partial charge in [-0.2, -0.15) is 0 Å². The molecule has 2 atom stereocenters. The summed E-state index contributed by atoms with van der Waals surface area (Å²) in [5, 5.41) is 7.26. The van der Waals surface area contributed by atoms with Crippen LogP contribution >= 0.6 is 0 Å². The molecule has 1 aliphatic carbocycles. The van der Waals surface area contributed by atoms with Crippen molar-refractivity contribution in [3.05, 3.63) is 101 Å². The first-order valence-corrected chi connectivity index (χ1v) is 10.7. The van der Waals surface area contributed by atoms with Crippen molar-refractivity contribution in [2.75, 3.05) is 17.7 Å². The molecule has 0 unspecified atom stereocenters. The quantitative estimate of drug-likeness (QED) is 0.557. The number of fused-ring (bicyclic) bond motifs is 1. The van der Waals surface area contributed by atoms with Gasteiger partial charge < -0.3 is 15.4 Å². The van der Waals surface area contributed by atoms with Gasteiger partial charge in [0.25, 0.3) is 0 Å². The number of benzene rings is 3. The van der Waals surface area contributed by atoms with Crippen molar-refractivity contribution < 1.29 is 9.53 Å². The van der Waals surface area contributed by atoms with Gasteiger partial charge in [0, 0.05) is 17.7 Å². The van der Waals surface area contributed by atoms with Gasteiger partial charge in [0.05, 0.1) is 24.5 Å². The van der Waals surface area contributed by atoms with E-state index in [4.69, 9.17) is 4.74 Å². The Morgan fingerprint density at radius 1 is 0.871 bits per heavy atom. The second-order valence-corrected chi connectivity index (χ2v) is 8.30. The van der Waals surface area contributed by atoms with E-state index in [1.165, 1.54) is 11.1 Å². The molecule has 156 valence electrons. The summed E-state index contributed by atoms with van der Waals surface area (Å²) in [4.78, 5) is 13.6. The summed E-state index contributed by atoms with van der Waals surface area (Å²) in [6.45, 7) is 2.11. The van der Waals surface area contributed by atoms with Crippen LogP contribution in [-0.4, -0.2) is 12.9 Å². The third kappa shape index (κ3) is 3.59. The maximum atomic E-state index is 13.6. The zero-order valence-corrected chi connectivity index (χ0v) is 17.8. The first-order valence-electron chi connectivity index (χ1n) is 10.7. The number of hydrogen-bond donors (Lipinski definition) is 2. The molecule has 4 heteroatoms. The van der Waals surface area contributed by atoms with E-state index in [9.17, 15) is 4.79 Å². The lowest BCUT2D eigenvalue weighted by Crippen LogP contribution is -2.27. The number of anilines is 2. The van der Waals surface area contributed by atoms with E-state index in [0.29, 0.717) is 6.42 Å². The first-order chi connectivity index (χ1) is 15.1. The van der Waals surface area contributed by atoms with E-state index >= 15 is 0 Å². The van der Waals surface area contributed by atoms with Gasteiger partial charge >= 0.3 is 0 Å². The Hall–Kier alpha value is -3.53. The standard InChI is InChI=1S/C27H26N2O2/c1-17-7-3-4-8-21(17)27-26-24(28-22-9-5-6-10-23(22)29-27)15-19(16-25(26)30)18-11-13-20(31-2)14-12-18/h3-14,19,27-29H,15-16H2,1-2H3/t19-,27+/m1/s1. The van der Waals surface area contributed by atoms with Gasteiger partial charge in [0.15, 0.2) is 5.78 Å². The molecule has 0 amide bonds. The molecule has 3 aromatic carbocycles. The zero-order chi connectivity index (χ0) is 21.4. The molecule has 3 aromatic rings. The summed E-state index contributed by atoms with van der Waals surface area (Å²) in [6.07, 6.45) is 1.30. The normalized spacial score (nSPS) is 20.1. The monoisotopic (exact) mass is 410 g/mol. The molecule has 2 N–H and O–H groups in total. The zero-order valence-electron chi connectivity index (χ0n) is 17.8. The second kappa shape index (κ2) is 7.95. The molecule has 1 aliphatic heterocycles. The highest BCUT2D eigenvalue weighted by atomic mass is 16.5. The van der Waals surface area contributed by atoms with Crippen molar-refractivity contribution >= 4 is 17.2 Å². The van der Waals surface area contributed by atoms with Crippen LogP contribution in [0, 0.1) is 6.92 Å². The van der Waals surface area contributed by atoms with E-state index < -0.39 is 0 Å². The maximum Gasteiger partial charge on any atom is 0.163 e. The second-order valence-electron chi connectivity index (χ2n) is 8.30. The maximum absolute atomic E-state index is 13.6. The highest BCUT2D eigenvalue weighted by molar-refractivity contribution is 6.01. The van der Waals surface area contributed by atoms with E-state index in [1.54, 1.807) is 7.11 Å². The summed E-state index contributed by atoms with van der Waals surface area (Å²) in [5.74, 6) is 1.17. The van der Waals surface area contributed by atoms with Crippen LogP contribution in [0.3, 0.4) is 0 Å².